The van der Waals surface area contributed by atoms with Gasteiger partial charge in [0, 0.05) is 43.8 Å². The van der Waals surface area contributed by atoms with Crippen LogP contribution in [-0.2, 0) is 0 Å². The van der Waals surface area contributed by atoms with Gasteiger partial charge in [0.15, 0.2) is 0 Å². The predicted octanol–water partition coefficient (Wildman–Crippen LogP) is 2.66. The standard InChI is InChI=1S/C18H35N3/c1-14(2)19-9-7-16(8-10-19)11-21-17-5-6-18(21)13-20(12-17)15(3)4/h14-18H,5-13H2,1-4H3. The number of nitrogens with zero attached hydrogens (tertiary/aromatic N) is 3. The van der Waals surface area contributed by atoms with E-state index in [0.29, 0.717) is 0 Å². The van der Waals surface area contributed by atoms with E-state index in [1.165, 1.54) is 58.4 Å². The van der Waals surface area contributed by atoms with Crippen molar-refractivity contribution >= 4 is 0 Å². The van der Waals surface area contributed by atoms with E-state index in [-0.39, 0.29) is 0 Å². The van der Waals surface area contributed by atoms with Crippen LogP contribution in [0.5, 0.6) is 0 Å². The molecule has 2 atom stereocenters. The molecule has 0 aromatic carbocycles. The molecule has 0 saturated carbocycles. The van der Waals surface area contributed by atoms with Crippen LogP contribution in [0.25, 0.3) is 0 Å². The van der Waals surface area contributed by atoms with E-state index in [9.17, 15) is 0 Å². The summed E-state index contributed by atoms with van der Waals surface area (Å²) in [6.07, 6.45) is 5.72. The number of piperidine rings is 1. The molecule has 3 heteroatoms. The zero-order chi connectivity index (χ0) is 15.0. The first-order chi connectivity index (χ1) is 10.0. The maximum atomic E-state index is 2.90. The minimum atomic E-state index is 0.726. The lowest BCUT2D eigenvalue weighted by Gasteiger charge is -2.45. The Balaban J connectivity index is 1.51. The average Bonchev–Trinajstić information content (AvgIpc) is 2.70. The number of fused-ring (bicyclic) bond motifs is 2. The lowest BCUT2D eigenvalue weighted by atomic mass is 9.94. The maximum Gasteiger partial charge on any atom is 0.0227 e. The molecular formula is C18H35N3. The number of hydrogen-bond acceptors (Lipinski definition) is 3. The van der Waals surface area contributed by atoms with Gasteiger partial charge < -0.3 is 4.90 Å². The molecule has 3 fully saturated rings. The highest BCUT2D eigenvalue weighted by atomic mass is 15.3. The molecule has 3 nitrogen and oxygen atoms in total. The Labute approximate surface area is 131 Å². The predicted molar refractivity (Wildman–Crippen MR) is 89.7 cm³/mol. The van der Waals surface area contributed by atoms with Gasteiger partial charge in [0.05, 0.1) is 0 Å². The normalized spacial score (nSPS) is 33.4. The molecule has 0 aliphatic carbocycles. The summed E-state index contributed by atoms with van der Waals surface area (Å²) in [6, 6.07) is 3.17. The topological polar surface area (TPSA) is 9.72 Å². The van der Waals surface area contributed by atoms with E-state index >= 15 is 0 Å². The van der Waals surface area contributed by atoms with E-state index in [1.807, 2.05) is 0 Å². The molecule has 3 rings (SSSR count). The van der Waals surface area contributed by atoms with Gasteiger partial charge in [0.25, 0.3) is 0 Å². The van der Waals surface area contributed by atoms with Crippen LogP contribution in [0.4, 0.5) is 0 Å². The molecule has 0 amide bonds. The molecule has 0 aromatic rings. The molecule has 0 N–H and O–H groups in total. The summed E-state index contributed by atoms with van der Waals surface area (Å²) in [6.45, 7) is 16.1. The van der Waals surface area contributed by atoms with E-state index < -0.39 is 0 Å². The second kappa shape index (κ2) is 6.55. The highest BCUT2D eigenvalue weighted by molar-refractivity contribution is 4.97. The SMILES string of the molecule is CC(C)N1CCC(CN2C3CCC2CN(C(C)C)C3)CC1. The Hall–Kier alpha value is -0.120. The van der Waals surface area contributed by atoms with Gasteiger partial charge in [-0.1, -0.05) is 0 Å². The highest BCUT2D eigenvalue weighted by Crippen LogP contribution is 2.33. The van der Waals surface area contributed by atoms with Gasteiger partial charge >= 0.3 is 0 Å². The summed E-state index contributed by atoms with van der Waals surface area (Å²) < 4.78 is 0. The Kier molecular flexibility index (Phi) is 4.92. The summed E-state index contributed by atoms with van der Waals surface area (Å²) in [5.41, 5.74) is 0. The molecule has 3 saturated heterocycles. The molecular weight excluding hydrogens is 258 g/mol. The van der Waals surface area contributed by atoms with Crippen molar-refractivity contribution in [3.05, 3.63) is 0 Å². The van der Waals surface area contributed by atoms with Crippen LogP contribution in [0.1, 0.15) is 53.4 Å². The van der Waals surface area contributed by atoms with Gasteiger partial charge in [0.1, 0.15) is 0 Å². The third-order valence-corrected chi connectivity index (χ3v) is 6.24. The van der Waals surface area contributed by atoms with Crippen molar-refractivity contribution in [3.63, 3.8) is 0 Å². The summed E-state index contributed by atoms with van der Waals surface area (Å²) in [5, 5.41) is 0. The molecule has 0 radical (unpaired) electrons. The summed E-state index contributed by atoms with van der Waals surface area (Å²) >= 11 is 0. The van der Waals surface area contributed by atoms with Crippen molar-refractivity contribution in [2.75, 3.05) is 32.7 Å². The lowest BCUT2D eigenvalue weighted by molar-refractivity contribution is 0.0276. The zero-order valence-electron chi connectivity index (χ0n) is 14.6. The third kappa shape index (κ3) is 3.46. The minimum absolute atomic E-state index is 0.726. The van der Waals surface area contributed by atoms with Gasteiger partial charge in [-0.3, -0.25) is 9.80 Å². The summed E-state index contributed by atoms with van der Waals surface area (Å²) in [7, 11) is 0. The molecule has 2 bridgehead atoms. The van der Waals surface area contributed by atoms with Gasteiger partial charge in [-0.05, 0) is 72.4 Å². The minimum Gasteiger partial charge on any atom is -0.301 e. The molecule has 0 spiro atoms. The van der Waals surface area contributed by atoms with Gasteiger partial charge in [-0.2, -0.15) is 0 Å². The maximum absolute atomic E-state index is 2.90. The smallest absolute Gasteiger partial charge is 0.0227 e. The second-order valence-electron chi connectivity index (χ2n) is 8.20. The quantitative estimate of drug-likeness (QED) is 0.789. The Bertz CT molecular complexity index is 319. The molecule has 0 aromatic heterocycles. The van der Waals surface area contributed by atoms with Crippen LogP contribution in [0.15, 0.2) is 0 Å². The molecule has 3 heterocycles. The summed E-state index contributed by atoms with van der Waals surface area (Å²) in [5.74, 6) is 0.952. The second-order valence-corrected chi connectivity index (χ2v) is 8.20. The van der Waals surface area contributed by atoms with Gasteiger partial charge in [-0.15, -0.1) is 0 Å². The van der Waals surface area contributed by atoms with Crippen molar-refractivity contribution < 1.29 is 0 Å². The van der Waals surface area contributed by atoms with Crippen LogP contribution in [0, 0.1) is 5.92 Å². The van der Waals surface area contributed by atoms with Crippen LogP contribution in [-0.4, -0.2) is 71.6 Å². The van der Waals surface area contributed by atoms with Crippen LogP contribution >= 0.6 is 0 Å². The highest BCUT2D eigenvalue weighted by Gasteiger charge is 2.41. The molecule has 3 aliphatic heterocycles. The van der Waals surface area contributed by atoms with Crippen molar-refractivity contribution in [1.82, 2.24) is 14.7 Å². The largest absolute Gasteiger partial charge is 0.301 e. The fourth-order valence-corrected chi connectivity index (χ4v) is 4.69. The number of piperazine rings is 1. The van der Waals surface area contributed by atoms with E-state index in [2.05, 4.69) is 42.4 Å². The first kappa shape index (κ1) is 15.8. The van der Waals surface area contributed by atoms with Crippen molar-refractivity contribution in [2.45, 2.75) is 77.5 Å². The van der Waals surface area contributed by atoms with E-state index in [4.69, 9.17) is 0 Å². The number of rotatable bonds is 4. The Morgan fingerprint density at radius 2 is 1.29 bits per heavy atom. The first-order valence-electron chi connectivity index (χ1n) is 9.28. The fourth-order valence-electron chi connectivity index (χ4n) is 4.69. The van der Waals surface area contributed by atoms with Crippen molar-refractivity contribution in [1.29, 1.82) is 0 Å². The zero-order valence-corrected chi connectivity index (χ0v) is 14.6. The van der Waals surface area contributed by atoms with Gasteiger partial charge in [-0.25, -0.2) is 0 Å². The molecule has 21 heavy (non-hydrogen) atoms. The molecule has 3 aliphatic rings. The molecule has 122 valence electrons. The van der Waals surface area contributed by atoms with Crippen molar-refractivity contribution in [2.24, 2.45) is 5.92 Å². The number of hydrogen-bond donors (Lipinski definition) is 0. The van der Waals surface area contributed by atoms with Crippen LogP contribution in [0.3, 0.4) is 0 Å². The van der Waals surface area contributed by atoms with Crippen molar-refractivity contribution in [3.8, 4) is 0 Å². The van der Waals surface area contributed by atoms with Crippen LogP contribution < -0.4 is 0 Å². The van der Waals surface area contributed by atoms with Gasteiger partial charge in [0.2, 0.25) is 0 Å². The third-order valence-electron chi connectivity index (χ3n) is 6.24. The van der Waals surface area contributed by atoms with E-state index in [1.54, 1.807) is 0 Å². The number of likely N-dealkylation sites (tertiary alicyclic amines) is 2. The van der Waals surface area contributed by atoms with E-state index in [0.717, 1.165) is 30.1 Å². The Morgan fingerprint density at radius 1 is 0.762 bits per heavy atom. The Morgan fingerprint density at radius 3 is 1.76 bits per heavy atom. The summed E-state index contributed by atoms with van der Waals surface area (Å²) in [4.78, 5) is 8.26. The monoisotopic (exact) mass is 293 g/mol. The lowest BCUT2D eigenvalue weighted by Crippen LogP contribution is -2.56. The van der Waals surface area contributed by atoms with Crippen LogP contribution in [0.2, 0.25) is 0 Å². The first-order valence-corrected chi connectivity index (χ1v) is 9.28. The fraction of sp³-hybridized carbons (Fsp3) is 1.00. The average molecular weight is 293 g/mol. The molecule has 2 unspecified atom stereocenters.